The van der Waals surface area contributed by atoms with Crippen molar-refractivity contribution in [3.8, 4) is 0 Å². The zero-order valence-corrected chi connectivity index (χ0v) is 16.5. The molecule has 30 heavy (non-hydrogen) atoms. The number of amides is 2. The van der Waals surface area contributed by atoms with Crippen LogP contribution >= 0.6 is 0 Å². The van der Waals surface area contributed by atoms with Crippen LogP contribution in [-0.2, 0) is 0 Å². The molecule has 0 radical (unpaired) electrons. The van der Waals surface area contributed by atoms with Crippen LogP contribution in [0.3, 0.4) is 0 Å². The molecule has 2 amide bonds. The molecule has 7 nitrogen and oxygen atoms in total. The predicted molar refractivity (Wildman–Crippen MR) is 111 cm³/mol. The summed E-state index contributed by atoms with van der Waals surface area (Å²) in [6.45, 7) is 4.65. The molecule has 3 aromatic rings. The molecule has 1 N–H and O–H groups in total. The first-order chi connectivity index (χ1) is 14.6. The molecule has 2 aliphatic rings. The molecular weight excluding hydrogens is 385 g/mol. The maximum Gasteiger partial charge on any atom is 0.261 e. The van der Waals surface area contributed by atoms with Gasteiger partial charge in [-0.2, -0.15) is 5.10 Å². The van der Waals surface area contributed by atoms with Crippen LogP contribution in [0.5, 0.6) is 0 Å². The van der Waals surface area contributed by atoms with Gasteiger partial charge in [-0.3, -0.25) is 24.5 Å². The number of hydrogen-bond donors (Lipinski definition) is 1. The van der Waals surface area contributed by atoms with Gasteiger partial charge in [0.05, 0.1) is 16.6 Å². The second kappa shape index (κ2) is 7.53. The van der Waals surface area contributed by atoms with Gasteiger partial charge in [0.2, 0.25) is 0 Å². The third kappa shape index (κ3) is 3.23. The van der Waals surface area contributed by atoms with Gasteiger partial charge >= 0.3 is 0 Å². The number of H-pyrrole nitrogens is 1. The van der Waals surface area contributed by atoms with Gasteiger partial charge in [-0.25, -0.2) is 4.39 Å². The summed E-state index contributed by atoms with van der Waals surface area (Å²) in [7, 11) is 0. The lowest BCUT2D eigenvalue weighted by Crippen LogP contribution is -2.47. The Hall–Kier alpha value is -3.26. The van der Waals surface area contributed by atoms with Crippen LogP contribution in [0.2, 0.25) is 0 Å². The largest absolute Gasteiger partial charge is 0.352 e. The predicted octanol–water partition coefficient (Wildman–Crippen LogP) is 2.51. The first kappa shape index (κ1) is 18.7. The topological polar surface area (TPSA) is 72.5 Å². The summed E-state index contributed by atoms with van der Waals surface area (Å²) >= 11 is 0. The van der Waals surface area contributed by atoms with E-state index in [1.165, 1.54) is 17.0 Å². The number of anilines is 1. The molecule has 3 heterocycles. The number of nitrogens with one attached hydrogen (secondary N) is 1. The second-order valence-corrected chi connectivity index (χ2v) is 7.73. The zero-order chi connectivity index (χ0) is 20.7. The van der Waals surface area contributed by atoms with E-state index in [2.05, 4.69) is 20.0 Å². The molecule has 1 saturated heterocycles. The van der Waals surface area contributed by atoms with E-state index in [-0.39, 0.29) is 17.6 Å². The van der Waals surface area contributed by atoms with Crippen LogP contribution in [0.4, 0.5) is 10.2 Å². The minimum atomic E-state index is -0.277. The van der Waals surface area contributed by atoms with Crippen LogP contribution in [0, 0.1) is 5.82 Å². The molecule has 0 saturated carbocycles. The summed E-state index contributed by atoms with van der Waals surface area (Å²) in [6.07, 6.45) is 0.746. The molecular formula is C22H22FN5O2. The number of fused-ring (bicyclic) bond motifs is 2. The van der Waals surface area contributed by atoms with Crippen molar-refractivity contribution in [3.05, 3.63) is 59.4 Å². The maximum absolute atomic E-state index is 13.4. The zero-order valence-electron chi connectivity index (χ0n) is 16.5. The van der Waals surface area contributed by atoms with Gasteiger partial charge in [0.1, 0.15) is 5.82 Å². The number of carbonyl (C=O) groups excluding carboxylic acids is 2. The van der Waals surface area contributed by atoms with Gasteiger partial charge < -0.3 is 4.90 Å². The summed E-state index contributed by atoms with van der Waals surface area (Å²) in [4.78, 5) is 30.8. The van der Waals surface area contributed by atoms with E-state index in [1.807, 2.05) is 0 Å². The van der Waals surface area contributed by atoms with Gasteiger partial charge in [0, 0.05) is 38.1 Å². The molecule has 0 bridgehead atoms. The van der Waals surface area contributed by atoms with Crippen molar-refractivity contribution in [2.75, 3.05) is 44.2 Å². The highest BCUT2D eigenvalue weighted by molar-refractivity contribution is 6.21. The van der Waals surface area contributed by atoms with Gasteiger partial charge in [0.15, 0.2) is 5.82 Å². The van der Waals surface area contributed by atoms with E-state index in [0.717, 1.165) is 50.3 Å². The van der Waals surface area contributed by atoms with E-state index in [0.29, 0.717) is 23.2 Å². The number of rotatable bonds is 5. The van der Waals surface area contributed by atoms with Crippen molar-refractivity contribution in [1.29, 1.82) is 0 Å². The van der Waals surface area contributed by atoms with Crippen LogP contribution in [-0.4, -0.2) is 71.1 Å². The fourth-order valence-corrected chi connectivity index (χ4v) is 4.30. The van der Waals surface area contributed by atoms with Crippen LogP contribution < -0.4 is 4.90 Å². The lowest BCUT2D eigenvalue weighted by molar-refractivity contribution is 0.0647. The number of piperazine rings is 1. The van der Waals surface area contributed by atoms with E-state index in [4.69, 9.17) is 0 Å². The Morgan fingerprint density at radius 3 is 2.33 bits per heavy atom. The van der Waals surface area contributed by atoms with E-state index in [9.17, 15) is 14.0 Å². The summed E-state index contributed by atoms with van der Waals surface area (Å²) in [5, 5.41) is 8.20. The molecule has 5 rings (SSSR count). The average molecular weight is 407 g/mol. The fourth-order valence-electron chi connectivity index (χ4n) is 4.30. The normalized spacial score (nSPS) is 17.2. The Labute approximate surface area is 173 Å². The van der Waals surface area contributed by atoms with Gasteiger partial charge in [-0.05, 0) is 43.3 Å². The number of aromatic nitrogens is 2. The lowest BCUT2D eigenvalue weighted by atomic mass is 10.1. The molecule has 0 unspecified atom stereocenters. The summed E-state index contributed by atoms with van der Waals surface area (Å²) in [6, 6.07) is 11.7. The summed E-state index contributed by atoms with van der Waals surface area (Å²) < 4.78 is 13.4. The van der Waals surface area contributed by atoms with Crippen molar-refractivity contribution < 1.29 is 14.0 Å². The molecule has 0 atom stereocenters. The minimum Gasteiger partial charge on any atom is -0.352 e. The van der Waals surface area contributed by atoms with Crippen molar-refractivity contribution in [2.45, 2.75) is 6.42 Å². The molecule has 1 fully saturated rings. The van der Waals surface area contributed by atoms with Crippen molar-refractivity contribution in [1.82, 2.24) is 20.0 Å². The highest BCUT2D eigenvalue weighted by Crippen LogP contribution is 2.26. The lowest BCUT2D eigenvalue weighted by Gasteiger charge is -2.35. The Kier molecular flexibility index (Phi) is 4.71. The molecule has 2 aromatic carbocycles. The molecule has 0 spiro atoms. The quantitative estimate of drug-likeness (QED) is 0.658. The first-order valence-electron chi connectivity index (χ1n) is 10.2. The van der Waals surface area contributed by atoms with E-state index >= 15 is 0 Å². The third-order valence-corrected chi connectivity index (χ3v) is 5.91. The van der Waals surface area contributed by atoms with Gasteiger partial charge in [0.25, 0.3) is 11.8 Å². The molecule has 1 aromatic heterocycles. The Morgan fingerprint density at radius 1 is 0.933 bits per heavy atom. The smallest absolute Gasteiger partial charge is 0.261 e. The Balaban J connectivity index is 1.14. The van der Waals surface area contributed by atoms with Crippen LogP contribution in [0.1, 0.15) is 27.1 Å². The van der Waals surface area contributed by atoms with Crippen molar-refractivity contribution in [2.24, 2.45) is 0 Å². The number of aromatic amines is 1. The number of carbonyl (C=O) groups is 2. The third-order valence-electron chi connectivity index (χ3n) is 5.91. The molecule has 154 valence electrons. The molecule has 0 aliphatic carbocycles. The minimum absolute atomic E-state index is 0.192. The Morgan fingerprint density at radius 2 is 1.63 bits per heavy atom. The van der Waals surface area contributed by atoms with E-state index in [1.54, 1.807) is 30.3 Å². The summed E-state index contributed by atoms with van der Waals surface area (Å²) in [5.74, 6) is 0.195. The first-order valence-corrected chi connectivity index (χ1v) is 10.2. The van der Waals surface area contributed by atoms with Gasteiger partial charge in [-0.15, -0.1) is 0 Å². The average Bonchev–Trinajstić information content (AvgIpc) is 3.29. The standard InChI is InChI=1S/C22H22FN5O2/c23-15-6-7-18-19(14-15)24-25-20(18)27-12-10-26(11-13-27)8-3-9-28-21(29)16-4-1-2-5-17(16)22(28)30/h1-2,4-7,14H,3,8-13H2,(H,24,25). The highest BCUT2D eigenvalue weighted by atomic mass is 19.1. The molecule has 8 heteroatoms. The van der Waals surface area contributed by atoms with Crippen molar-refractivity contribution >= 4 is 28.5 Å². The fraction of sp³-hybridized carbons (Fsp3) is 0.318. The SMILES string of the molecule is O=C1c2ccccc2C(=O)N1CCCN1CCN(c2n[nH]c3cc(F)ccc23)CC1. The number of halogens is 1. The Bertz CT molecular complexity index is 1080. The number of hydrogen-bond acceptors (Lipinski definition) is 5. The number of nitrogens with zero attached hydrogens (tertiary/aromatic N) is 4. The number of benzene rings is 2. The van der Waals surface area contributed by atoms with Crippen LogP contribution in [0.25, 0.3) is 10.9 Å². The monoisotopic (exact) mass is 407 g/mol. The maximum atomic E-state index is 13.4. The van der Waals surface area contributed by atoms with E-state index < -0.39 is 0 Å². The van der Waals surface area contributed by atoms with Crippen molar-refractivity contribution in [3.63, 3.8) is 0 Å². The van der Waals surface area contributed by atoms with Gasteiger partial charge in [-0.1, -0.05) is 12.1 Å². The summed E-state index contributed by atoms with van der Waals surface area (Å²) in [5.41, 5.74) is 1.71. The second-order valence-electron chi connectivity index (χ2n) is 7.73. The number of imide groups is 1. The molecule has 2 aliphatic heterocycles. The van der Waals surface area contributed by atoms with Crippen LogP contribution in [0.15, 0.2) is 42.5 Å². The highest BCUT2D eigenvalue weighted by Gasteiger charge is 2.34.